The molecule has 2 atom stereocenters. The van der Waals surface area contributed by atoms with Crippen LogP contribution in [0.4, 0.5) is 0 Å². The van der Waals surface area contributed by atoms with E-state index < -0.39 is 12.0 Å². The van der Waals surface area contributed by atoms with E-state index in [9.17, 15) is 9.90 Å². The average Bonchev–Trinajstić information content (AvgIpc) is 2.92. The third-order valence-electron chi connectivity index (χ3n) is 3.27. The Hall–Kier alpha value is -1.59. The molecule has 1 fully saturated rings. The van der Waals surface area contributed by atoms with Gasteiger partial charge in [-0.15, -0.1) is 0 Å². The van der Waals surface area contributed by atoms with E-state index in [1.54, 1.807) is 31.4 Å². The molecule has 0 spiro atoms. The van der Waals surface area contributed by atoms with Gasteiger partial charge in [-0.2, -0.15) is 0 Å². The van der Waals surface area contributed by atoms with E-state index in [2.05, 4.69) is 5.32 Å². The summed E-state index contributed by atoms with van der Waals surface area (Å²) in [5.41, 5.74) is 0.714. The monoisotopic (exact) mass is 265 g/mol. The highest BCUT2D eigenvalue weighted by Crippen LogP contribution is 2.19. The second-order valence-corrected chi connectivity index (χ2v) is 4.59. The van der Waals surface area contributed by atoms with Crippen LogP contribution in [0.5, 0.6) is 5.75 Å². The van der Waals surface area contributed by atoms with E-state index in [0.29, 0.717) is 17.9 Å². The standard InChI is InChI=1S/C14H19NO4/c1-18-11-6-4-10(5-7-11)13(14(16)17)15-9-12-3-2-8-19-12/h4-7,12-13,15H,2-3,8-9H2,1H3,(H,16,17). The summed E-state index contributed by atoms with van der Waals surface area (Å²) in [6.45, 7) is 1.33. The van der Waals surface area contributed by atoms with Gasteiger partial charge in [0.25, 0.3) is 0 Å². The first kappa shape index (κ1) is 13.8. The molecule has 2 N–H and O–H groups in total. The van der Waals surface area contributed by atoms with Crippen LogP contribution in [0.15, 0.2) is 24.3 Å². The molecule has 19 heavy (non-hydrogen) atoms. The molecule has 0 aromatic heterocycles. The number of methoxy groups -OCH3 is 1. The first-order valence-electron chi connectivity index (χ1n) is 6.42. The molecule has 1 aromatic carbocycles. The predicted octanol–water partition coefficient (Wildman–Crippen LogP) is 1.59. The summed E-state index contributed by atoms with van der Waals surface area (Å²) in [7, 11) is 1.58. The number of hydrogen-bond acceptors (Lipinski definition) is 4. The first-order chi connectivity index (χ1) is 9.20. The van der Waals surface area contributed by atoms with E-state index in [4.69, 9.17) is 9.47 Å². The van der Waals surface area contributed by atoms with Crippen LogP contribution >= 0.6 is 0 Å². The predicted molar refractivity (Wildman–Crippen MR) is 70.3 cm³/mol. The highest BCUT2D eigenvalue weighted by molar-refractivity contribution is 5.75. The SMILES string of the molecule is COc1ccc(C(NCC2CCCO2)C(=O)O)cc1. The molecule has 1 heterocycles. The zero-order valence-electron chi connectivity index (χ0n) is 11.0. The van der Waals surface area contributed by atoms with Crippen molar-refractivity contribution in [3.63, 3.8) is 0 Å². The molecule has 1 aliphatic rings. The quantitative estimate of drug-likeness (QED) is 0.817. The van der Waals surface area contributed by atoms with Crippen LogP contribution < -0.4 is 10.1 Å². The number of benzene rings is 1. The highest BCUT2D eigenvalue weighted by Gasteiger charge is 2.22. The Bertz CT molecular complexity index is 412. The lowest BCUT2D eigenvalue weighted by molar-refractivity contribution is -0.139. The van der Waals surface area contributed by atoms with E-state index in [1.807, 2.05) is 0 Å². The smallest absolute Gasteiger partial charge is 0.325 e. The molecule has 2 rings (SSSR count). The minimum Gasteiger partial charge on any atom is -0.497 e. The molecule has 104 valence electrons. The lowest BCUT2D eigenvalue weighted by Crippen LogP contribution is -2.34. The topological polar surface area (TPSA) is 67.8 Å². The molecule has 1 aromatic rings. The van der Waals surface area contributed by atoms with Crippen molar-refractivity contribution in [2.75, 3.05) is 20.3 Å². The Morgan fingerprint density at radius 1 is 1.53 bits per heavy atom. The number of carboxylic acids is 1. The number of carbonyl (C=O) groups is 1. The van der Waals surface area contributed by atoms with Gasteiger partial charge in [0, 0.05) is 13.2 Å². The number of ether oxygens (including phenoxy) is 2. The Morgan fingerprint density at radius 2 is 2.26 bits per heavy atom. The molecular formula is C14H19NO4. The molecule has 0 radical (unpaired) electrons. The van der Waals surface area contributed by atoms with Gasteiger partial charge < -0.3 is 14.6 Å². The van der Waals surface area contributed by atoms with Gasteiger partial charge in [-0.05, 0) is 30.5 Å². The van der Waals surface area contributed by atoms with Gasteiger partial charge in [0.2, 0.25) is 0 Å². The largest absolute Gasteiger partial charge is 0.497 e. The number of carboxylic acid groups (broad SMARTS) is 1. The fourth-order valence-electron chi connectivity index (χ4n) is 2.20. The Morgan fingerprint density at radius 3 is 2.79 bits per heavy atom. The second kappa shape index (κ2) is 6.54. The Balaban J connectivity index is 1.99. The molecular weight excluding hydrogens is 246 g/mol. The average molecular weight is 265 g/mol. The van der Waals surface area contributed by atoms with Crippen molar-refractivity contribution in [1.29, 1.82) is 0 Å². The molecule has 0 aliphatic carbocycles. The van der Waals surface area contributed by atoms with Crippen molar-refractivity contribution in [3.8, 4) is 5.75 Å². The molecule has 5 heteroatoms. The lowest BCUT2D eigenvalue weighted by atomic mass is 10.1. The van der Waals surface area contributed by atoms with Gasteiger partial charge in [0.15, 0.2) is 0 Å². The van der Waals surface area contributed by atoms with E-state index in [0.717, 1.165) is 19.4 Å². The number of aliphatic carboxylic acids is 1. The molecule has 1 saturated heterocycles. The summed E-state index contributed by atoms with van der Waals surface area (Å²) < 4.78 is 10.5. The molecule has 0 amide bonds. The number of hydrogen-bond donors (Lipinski definition) is 2. The van der Waals surface area contributed by atoms with Crippen molar-refractivity contribution < 1.29 is 19.4 Å². The third kappa shape index (κ3) is 3.68. The van der Waals surface area contributed by atoms with Crippen LogP contribution in [-0.2, 0) is 9.53 Å². The van der Waals surface area contributed by atoms with Crippen molar-refractivity contribution >= 4 is 5.97 Å². The summed E-state index contributed by atoms with van der Waals surface area (Å²) >= 11 is 0. The maximum Gasteiger partial charge on any atom is 0.325 e. The zero-order chi connectivity index (χ0) is 13.7. The van der Waals surface area contributed by atoms with Gasteiger partial charge in [0.1, 0.15) is 11.8 Å². The number of rotatable bonds is 6. The maximum absolute atomic E-state index is 11.3. The maximum atomic E-state index is 11.3. The van der Waals surface area contributed by atoms with E-state index in [-0.39, 0.29) is 6.10 Å². The van der Waals surface area contributed by atoms with Crippen LogP contribution in [0.1, 0.15) is 24.4 Å². The van der Waals surface area contributed by atoms with Crippen molar-refractivity contribution in [1.82, 2.24) is 5.32 Å². The van der Waals surface area contributed by atoms with Crippen molar-refractivity contribution in [3.05, 3.63) is 29.8 Å². The second-order valence-electron chi connectivity index (χ2n) is 4.59. The number of nitrogens with one attached hydrogen (secondary N) is 1. The van der Waals surface area contributed by atoms with Crippen LogP contribution in [0.3, 0.4) is 0 Å². The van der Waals surface area contributed by atoms with Crippen molar-refractivity contribution in [2.45, 2.75) is 25.0 Å². The Kier molecular flexibility index (Phi) is 4.76. The van der Waals surface area contributed by atoms with Gasteiger partial charge in [-0.25, -0.2) is 0 Å². The van der Waals surface area contributed by atoms with Crippen LogP contribution in [0.25, 0.3) is 0 Å². The van der Waals surface area contributed by atoms with Crippen LogP contribution in [0, 0.1) is 0 Å². The summed E-state index contributed by atoms with van der Waals surface area (Å²) in [4.78, 5) is 11.3. The minimum absolute atomic E-state index is 0.125. The molecule has 0 saturated carbocycles. The normalized spacial score (nSPS) is 20.2. The fraction of sp³-hybridized carbons (Fsp3) is 0.500. The zero-order valence-corrected chi connectivity index (χ0v) is 11.0. The van der Waals surface area contributed by atoms with Gasteiger partial charge in [-0.1, -0.05) is 12.1 Å². The third-order valence-corrected chi connectivity index (χ3v) is 3.27. The summed E-state index contributed by atoms with van der Waals surface area (Å²) in [5, 5.41) is 12.3. The van der Waals surface area contributed by atoms with Crippen LogP contribution in [-0.4, -0.2) is 37.4 Å². The van der Waals surface area contributed by atoms with Crippen molar-refractivity contribution in [2.24, 2.45) is 0 Å². The molecule has 0 bridgehead atoms. The Labute approximate surface area is 112 Å². The summed E-state index contributed by atoms with van der Waals surface area (Å²) in [5.74, 6) is -0.171. The summed E-state index contributed by atoms with van der Waals surface area (Å²) in [6, 6.07) is 6.34. The fourth-order valence-corrected chi connectivity index (χ4v) is 2.20. The molecule has 5 nitrogen and oxygen atoms in total. The van der Waals surface area contributed by atoms with Crippen LogP contribution in [0.2, 0.25) is 0 Å². The lowest BCUT2D eigenvalue weighted by Gasteiger charge is -2.17. The molecule has 2 unspecified atom stereocenters. The van der Waals surface area contributed by atoms with Gasteiger partial charge >= 0.3 is 5.97 Å². The summed E-state index contributed by atoms with van der Waals surface area (Å²) in [6.07, 6.45) is 2.16. The van der Waals surface area contributed by atoms with E-state index >= 15 is 0 Å². The van der Waals surface area contributed by atoms with E-state index in [1.165, 1.54) is 0 Å². The first-order valence-corrected chi connectivity index (χ1v) is 6.42. The van der Waals surface area contributed by atoms with Gasteiger partial charge in [0.05, 0.1) is 13.2 Å². The van der Waals surface area contributed by atoms with Gasteiger partial charge in [-0.3, -0.25) is 10.1 Å². The molecule has 1 aliphatic heterocycles. The highest BCUT2D eigenvalue weighted by atomic mass is 16.5. The minimum atomic E-state index is -0.886.